The van der Waals surface area contributed by atoms with E-state index in [1.165, 1.54) is 0 Å². The molecule has 0 amide bonds. The monoisotopic (exact) mass is 161 g/mol. The third-order valence-electron chi connectivity index (χ3n) is 1.66. The van der Waals surface area contributed by atoms with Gasteiger partial charge in [-0.3, -0.25) is 4.79 Å². The van der Waals surface area contributed by atoms with Crippen molar-refractivity contribution in [2.75, 3.05) is 0 Å². The molecule has 1 heterocycles. The Labute approximate surface area is 70.5 Å². The average molecular weight is 161 g/mol. The molecule has 1 aromatic carbocycles. The molecule has 0 bridgehead atoms. The molecular weight excluding hydrogens is 152 g/mol. The quantitative estimate of drug-likeness (QED) is 0.631. The van der Waals surface area contributed by atoms with Gasteiger partial charge >= 0.3 is 0 Å². The maximum absolute atomic E-state index is 11.4. The van der Waals surface area contributed by atoms with Gasteiger partial charge in [0, 0.05) is 1.37 Å². The zero-order chi connectivity index (χ0) is 9.26. The number of rotatable bonds is 0. The van der Waals surface area contributed by atoms with Crippen molar-refractivity contribution in [2.45, 2.75) is 6.90 Å². The molecule has 60 valence electrons. The number of nitrogens with one attached hydrogen (secondary N) is 1. The average Bonchev–Trinajstić information content (AvgIpc) is 2.18. The highest BCUT2D eigenvalue weighted by Gasteiger charge is 1.97. The van der Waals surface area contributed by atoms with Crippen LogP contribution in [0.3, 0.4) is 0 Å². The van der Waals surface area contributed by atoms with Gasteiger partial charge in [0.1, 0.15) is 5.82 Å². The number of para-hydroxylation sites is 1. The van der Waals surface area contributed by atoms with Crippen molar-refractivity contribution in [3.05, 3.63) is 40.4 Å². The molecule has 2 aromatic rings. The lowest BCUT2D eigenvalue weighted by Crippen LogP contribution is -2.09. The van der Waals surface area contributed by atoms with Crippen LogP contribution in [-0.2, 0) is 0 Å². The van der Waals surface area contributed by atoms with Crippen molar-refractivity contribution < 1.29 is 1.37 Å². The van der Waals surface area contributed by atoms with Crippen molar-refractivity contribution in [3.8, 4) is 0 Å². The van der Waals surface area contributed by atoms with Crippen LogP contribution in [0, 0.1) is 6.90 Å². The number of aromatic nitrogens is 2. The molecule has 0 radical (unpaired) electrons. The molecule has 0 fully saturated rings. The molecule has 0 atom stereocenters. The normalized spacial score (nSPS) is 11.5. The molecule has 0 saturated heterocycles. The SMILES string of the molecule is [2H]Cc1nc2ccccc2c(=O)[nH]1. The molecule has 0 aliphatic heterocycles. The van der Waals surface area contributed by atoms with E-state index in [9.17, 15) is 4.79 Å². The van der Waals surface area contributed by atoms with E-state index >= 15 is 0 Å². The number of hydrogen-bond acceptors (Lipinski definition) is 2. The Hall–Kier alpha value is -1.64. The highest BCUT2D eigenvalue weighted by molar-refractivity contribution is 5.76. The third-order valence-corrected chi connectivity index (χ3v) is 1.66. The Balaban J connectivity index is 2.85. The molecule has 0 aliphatic rings. The Morgan fingerprint density at radius 1 is 1.50 bits per heavy atom. The van der Waals surface area contributed by atoms with Crippen LogP contribution in [0.1, 0.15) is 7.20 Å². The molecule has 0 saturated carbocycles. The molecule has 12 heavy (non-hydrogen) atoms. The minimum Gasteiger partial charge on any atom is -0.310 e. The lowest BCUT2D eigenvalue weighted by atomic mass is 10.2. The summed E-state index contributed by atoms with van der Waals surface area (Å²) in [6, 6.07) is 7.10. The minimum atomic E-state index is -0.173. The van der Waals surface area contributed by atoms with Gasteiger partial charge in [-0.1, -0.05) is 12.1 Å². The van der Waals surface area contributed by atoms with Crippen LogP contribution < -0.4 is 5.56 Å². The third kappa shape index (κ3) is 0.993. The van der Waals surface area contributed by atoms with Gasteiger partial charge in [-0.15, -0.1) is 0 Å². The Morgan fingerprint density at radius 2 is 2.33 bits per heavy atom. The van der Waals surface area contributed by atoms with Gasteiger partial charge in [0.05, 0.1) is 10.9 Å². The van der Waals surface area contributed by atoms with Gasteiger partial charge in [0.25, 0.3) is 5.56 Å². The highest BCUT2D eigenvalue weighted by atomic mass is 16.1. The summed E-state index contributed by atoms with van der Waals surface area (Å²) < 4.78 is 7.08. The zero-order valence-corrected chi connectivity index (χ0v) is 6.37. The van der Waals surface area contributed by atoms with Crippen LogP contribution >= 0.6 is 0 Å². The summed E-state index contributed by atoms with van der Waals surface area (Å²) in [5, 5.41) is 0.569. The molecule has 3 heteroatoms. The van der Waals surface area contributed by atoms with Crippen LogP contribution in [-0.4, -0.2) is 9.97 Å². The van der Waals surface area contributed by atoms with E-state index in [1.54, 1.807) is 18.2 Å². The molecule has 0 unspecified atom stereocenters. The number of aryl methyl sites for hydroxylation is 1. The Kier molecular flexibility index (Phi) is 1.21. The summed E-state index contributed by atoms with van der Waals surface area (Å²) in [4.78, 5) is 18.0. The summed E-state index contributed by atoms with van der Waals surface area (Å²) in [6.45, 7) is 0.0000737. The number of H-pyrrole nitrogens is 1. The van der Waals surface area contributed by atoms with E-state index in [-0.39, 0.29) is 12.5 Å². The summed E-state index contributed by atoms with van der Waals surface area (Å²) >= 11 is 0. The van der Waals surface area contributed by atoms with Crippen molar-refractivity contribution in [3.63, 3.8) is 0 Å². The summed E-state index contributed by atoms with van der Waals surface area (Å²) in [6.07, 6.45) is 0. The maximum Gasteiger partial charge on any atom is 0.258 e. The van der Waals surface area contributed by atoms with Gasteiger partial charge in [0.2, 0.25) is 0 Å². The second-order valence-electron chi connectivity index (χ2n) is 2.53. The van der Waals surface area contributed by atoms with Gasteiger partial charge < -0.3 is 4.98 Å². The van der Waals surface area contributed by atoms with Crippen molar-refractivity contribution >= 4 is 10.9 Å². The summed E-state index contributed by atoms with van der Waals surface area (Å²) in [7, 11) is 0. The molecule has 1 aromatic heterocycles. The van der Waals surface area contributed by atoms with E-state index in [0.717, 1.165) is 0 Å². The van der Waals surface area contributed by atoms with Gasteiger partial charge in [0.15, 0.2) is 0 Å². The van der Waals surface area contributed by atoms with E-state index in [0.29, 0.717) is 16.7 Å². The van der Waals surface area contributed by atoms with Gasteiger partial charge in [-0.2, -0.15) is 0 Å². The fourth-order valence-corrected chi connectivity index (χ4v) is 1.13. The predicted molar refractivity (Wildman–Crippen MR) is 47.1 cm³/mol. The molecule has 0 spiro atoms. The van der Waals surface area contributed by atoms with Crippen molar-refractivity contribution in [1.82, 2.24) is 9.97 Å². The highest BCUT2D eigenvalue weighted by Crippen LogP contribution is 2.04. The molecule has 3 nitrogen and oxygen atoms in total. The first-order chi connectivity index (χ1) is 6.31. The fourth-order valence-electron chi connectivity index (χ4n) is 1.13. The molecular formula is C9H8N2O. The predicted octanol–water partition coefficient (Wildman–Crippen LogP) is 1.23. The van der Waals surface area contributed by atoms with E-state index in [2.05, 4.69) is 9.97 Å². The lowest BCUT2D eigenvalue weighted by Gasteiger charge is -1.95. The summed E-state index contributed by atoms with van der Waals surface area (Å²) in [5.41, 5.74) is 0.473. The smallest absolute Gasteiger partial charge is 0.258 e. The zero-order valence-electron chi connectivity index (χ0n) is 7.37. The van der Waals surface area contributed by atoms with Gasteiger partial charge in [-0.25, -0.2) is 4.98 Å². The Morgan fingerprint density at radius 3 is 3.17 bits per heavy atom. The largest absolute Gasteiger partial charge is 0.310 e. The topological polar surface area (TPSA) is 45.8 Å². The van der Waals surface area contributed by atoms with Crippen LogP contribution in [0.5, 0.6) is 0 Å². The maximum atomic E-state index is 11.4. The van der Waals surface area contributed by atoms with E-state index in [4.69, 9.17) is 1.37 Å². The number of hydrogen-bond donors (Lipinski definition) is 1. The fraction of sp³-hybridized carbons (Fsp3) is 0.111. The van der Waals surface area contributed by atoms with Crippen LogP contribution in [0.15, 0.2) is 29.1 Å². The Bertz CT molecular complexity index is 492. The first-order valence-corrected chi connectivity index (χ1v) is 3.58. The van der Waals surface area contributed by atoms with Gasteiger partial charge in [-0.05, 0) is 19.0 Å². The molecule has 1 N–H and O–H groups in total. The van der Waals surface area contributed by atoms with Crippen molar-refractivity contribution in [1.29, 1.82) is 0 Å². The molecule has 2 rings (SSSR count). The summed E-state index contributed by atoms with van der Waals surface area (Å²) in [5.74, 6) is 0.406. The number of fused-ring (bicyclic) bond motifs is 1. The van der Waals surface area contributed by atoms with Crippen LogP contribution in [0.4, 0.5) is 0 Å². The van der Waals surface area contributed by atoms with E-state index < -0.39 is 0 Å². The first kappa shape index (κ1) is 5.94. The van der Waals surface area contributed by atoms with E-state index in [1.807, 2.05) is 6.07 Å². The second kappa shape index (κ2) is 2.44. The number of aromatic amines is 1. The lowest BCUT2D eigenvalue weighted by molar-refractivity contribution is 1.06. The minimum absolute atomic E-state index is 0.0000737. The first-order valence-electron chi connectivity index (χ1n) is 4.29. The standard InChI is InChI=1S/C9H8N2O/c1-6-10-8-5-3-2-4-7(8)9(12)11-6/h2-5H,1H3,(H,10,11,12)/i1D. The number of nitrogens with zero attached hydrogens (tertiary/aromatic N) is 1. The van der Waals surface area contributed by atoms with Crippen LogP contribution in [0.2, 0.25) is 0 Å². The number of benzene rings is 1. The molecule has 0 aliphatic carbocycles. The van der Waals surface area contributed by atoms with Crippen molar-refractivity contribution in [2.24, 2.45) is 0 Å². The van der Waals surface area contributed by atoms with Crippen LogP contribution in [0.25, 0.3) is 10.9 Å². The second-order valence-corrected chi connectivity index (χ2v) is 2.53.